The van der Waals surface area contributed by atoms with Gasteiger partial charge in [0.25, 0.3) is 0 Å². The fourth-order valence-corrected chi connectivity index (χ4v) is 5.14. The van der Waals surface area contributed by atoms with Crippen LogP contribution in [0, 0.1) is 0 Å². The number of nitrogens with zero attached hydrogens (tertiary/aromatic N) is 2. The number of para-hydroxylation sites is 1. The maximum absolute atomic E-state index is 4.35. The van der Waals surface area contributed by atoms with Crippen LogP contribution in [0.3, 0.4) is 0 Å². The van der Waals surface area contributed by atoms with Crippen molar-refractivity contribution in [3.63, 3.8) is 0 Å². The fourth-order valence-electron chi connectivity index (χ4n) is 5.14. The number of hydrogen-bond acceptors (Lipinski definition) is 1. The molecule has 2 nitrogen and oxygen atoms in total. The van der Waals surface area contributed by atoms with E-state index in [-0.39, 0.29) is 0 Å². The fraction of sp³-hybridized carbons (Fsp3) is 0. The second-order valence-corrected chi connectivity index (χ2v) is 8.93. The Hall–Kier alpha value is -4.69. The maximum Gasteiger partial charge on any atom is 0.0645 e. The van der Waals surface area contributed by atoms with Crippen molar-refractivity contribution >= 4 is 32.6 Å². The number of fused-ring (bicyclic) bond motifs is 4. The lowest BCUT2D eigenvalue weighted by atomic mass is 9.97. The molecule has 7 rings (SSSR count). The molecule has 2 aromatic heterocycles. The Morgan fingerprint density at radius 3 is 1.91 bits per heavy atom. The highest BCUT2D eigenvalue weighted by atomic mass is 15.0. The minimum Gasteiger partial charge on any atom is -0.308 e. The van der Waals surface area contributed by atoms with Gasteiger partial charge in [-0.25, -0.2) is 0 Å². The van der Waals surface area contributed by atoms with E-state index in [1.54, 1.807) is 0 Å². The van der Waals surface area contributed by atoms with Gasteiger partial charge in [0.1, 0.15) is 0 Å². The summed E-state index contributed by atoms with van der Waals surface area (Å²) in [5.74, 6) is 0. The molecule has 0 aliphatic heterocycles. The van der Waals surface area contributed by atoms with Crippen LogP contribution < -0.4 is 0 Å². The van der Waals surface area contributed by atoms with Crippen LogP contribution in [-0.4, -0.2) is 9.55 Å². The van der Waals surface area contributed by atoms with Crippen molar-refractivity contribution < 1.29 is 0 Å². The summed E-state index contributed by atoms with van der Waals surface area (Å²) in [5, 5.41) is 5.04. The zero-order valence-corrected chi connectivity index (χ0v) is 19.1. The van der Waals surface area contributed by atoms with Gasteiger partial charge in [-0.3, -0.25) is 4.98 Å². The first-order chi connectivity index (χ1) is 17.3. The van der Waals surface area contributed by atoms with Gasteiger partial charge in [0.15, 0.2) is 0 Å². The Bertz CT molecular complexity index is 1830. The summed E-state index contributed by atoms with van der Waals surface area (Å²) in [6, 6.07) is 43.5. The third-order valence-electron chi connectivity index (χ3n) is 6.88. The van der Waals surface area contributed by atoms with Crippen molar-refractivity contribution in [3.05, 3.63) is 134 Å². The zero-order chi connectivity index (χ0) is 23.2. The molecule has 0 aliphatic rings. The molecular formula is C33H22N2. The van der Waals surface area contributed by atoms with Crippen molar-refractivity contribution in [2.75, 3.05) is 0 Å². The molecule has 2 heterocycles. The van der Waals surface area contributed by atoms with Crippen molar-refractivity contribution in [3.8, 4) is 27.9 Å². The van der Waals surface area contributed by atoms with E-state index in [1.165, 1.54) is 54.8 Å². The normalized spacial score (nSPS) is 11.4. The topological polar surface area (TPSA) is 17.8 Å². The summed E-state index contributed by atoms with van der Waals surface area (Å²) in [7, 11) is 0. The number of rotatable bonds is 3. The van der Waals surface area contributed by atoms with Crippen molar-refractivity contribution in [1.82, 2.24) is 9.55 Å². The van der Waals surface area contributed by atoms with E-state index in [0.29, 0.717) is 0 Å². The van der Waals surface area contributed by atoms with E-state index in [9.17, 15) is 0 Å². The molecule has 35 heavy (non-hydrogen) atoms. The Balaban J connectivity index is 1.32. The smallest absolute Gasteiger partial charge is 0.0645 e. The molecule has 7 aromatic rings. The van der Waals surface area contributed by atoms with E-state index >= 15 is 0 Å². The molecule has 0 saturated carbocycles. The summed E-state index contributed by atoms with van der Waals surface area (Å²) in [5.41, 5.74) is 8.37. The molecule has 5 aromatic carbocycles. The van der Waals surface area contributed by atoms with Crippen LogP contribution in [0.5, 0.6) is 0 Å². The Kier molecular flexibility index (Phi) is 4.49. The predicted octanol–water partition coefficient (Wildman–Crippen LogP) is 8.67. The molecular weight excluding hydrogens is 424 g/mol. The third-order valence-corrected chi connectivity index (χ3v) is 6.88. The summed E-state index contributed by atoms with van der Waals surface area (Å²) in [6.07, 6.45) is 3.74. The molecule has 0 fully saturated rings. The van der Waals surface area contributed by atoms with Crippen molar-refractivity contribution in [2.45, 2.75) is 0 Å². The number of hydrogen-bond donors (Lipinski definition) is 0. The zero-order valence-electron chi connectivity index (χ0n) is 19.1. The minimum absolute atomic E-state index is 1.08. The van der Waals surface area contributed by atoms with Gasteiger partial charge in [0, 0.05) is 17.0 Å². The van der Waals surface area contributed by atoms with Crippen LogP contribution in [0.2, 0.25) is 0 Å². The average Bonchev–Trinajstić information content (AvgIpc) is 3.27. The first-order valence-electron chi connectivity index (χ1n) is 11.9. The number of benzene rings is 5. The predicted molar refractivity (Wildman–Crippen MR) is 147 cm³/mol. The van der Waals surface area contributed by atoms with Crippen LogP contribution in [0.1, 0.15) is 0 Å². The van der Waals surface area contributed by atoms with Crippen molar-refractivity contribution in [1.29, 1.82) is 0 Å². The molecule has 0 atom stereocenters. The monoisotopic (exact) mass is 446 g/mol. The van der Waals surface area contributed by atoms with Gasteiger partial charge >= 0.3 is 0 Å². The van der Waals surface area contributed by atoms with Gasteiger partial charge in [-0.05, 0) is 69.4 Å². The van der Waals surface area contributed by atoms with Crippen LogP contribution in [0.4, 0.5) is 0 Å². The highest BCUT2D eigenvalue weighted by molar-refractivity contribution is 6.10. The molecule has 0 aliphatic carbocycles. The number of aromatic nitrogens is 2. The lowest BCUT2D eigenvalue weighted by Crippen LogP contribution is -1.93. The third kappa shape index (κ3) is 3.31. The van der Waals surface area contributed by atoms with Gasteiger partial charge in [0.05, 0.1) is 22.9 Å². The Morgan fingerprint density at radius 2 is 1.11 bits per heavy atom. The first kappa shape index (κ1) is 19.7. The Labute approximate surface area is 203 Å². The van der Waals surface area contributed by atoms with E-state index in [4.69, 9.17) is 0 Å². The highest BCUT2D eigenvalue weighted by Crippen LogP contribution is 2.35. The maximum atomic E-state index is 4.35. The average molecular weight is 447 g/mol. The van der Waals surface area contributed by atoms with Crippen LogP contribution >= 0.6 is 0 Å². The van der Waals surface area contributed by atoms with Gasteiger partial charge in [0.2, 0.25) is 0 Å². The van der Waals surface area contributed by atoms with Gasteiger partial charge < -0.3 is 4.57 Å². The van der Waals surface area contributed by atoms with Crippen LogP contribution in [-0.2, 0) is 0 Å². The lowest BCUT2D eigenvalue weighted by Gasteiger charge is -2.08. The highest BCUT2D eigenvalue weighted by Gasteiger charge is 2.13. The number of pyridine rings is 1. The molecule has 2 heteroatoms. The molecule has 0 unspecified atom stereocenters. The Morgan fingerprint density at radius 1 is 0.457 bits per heavy atom. The van der Waals surface area contributed by atoms with E-state index < -0.39 is 0 Å². The van der Waals surface area contributed by atoms with Crippen LogP contribution in [0.15, 0.2) is 134 Å². The summed E-state index contributed by atoms with van der Waals surface area (Å²) in [6.45, 7) is 0. The first-order valence-corrected chi connectivity index (χ1v) is 11.9. The molecule has 0 N–H and O–H groups in total. The van der Waals surface area contributed by atoms with Gasteiger partial charge in [-0.2, -0.15) is 0 Å². The standard InChI is InChI=1S/C33H22N2/c1-2-7-26-20-27(16-15-23(26)6-1)24-11-13-25(14-12-24)28-17-18-33-31(21-28)30-9-3-4-10-32(30)35(33)29-8-5-19-34-22-29/h1-22H. The molecule has 0 radical (unpaired) electrons. The van der Waals surface area contributed by atoms with E-state index in [2.05, 4.69) is 125 Å². The summed E-state index contributed by atoms with van der Waals surface area (Å²) in [4.78, 5) is 4.35. The van der Waals surface area contributed by atoms with Crippen LogP contribution in [0.25, 0.3) is 60.5 Å². The van der Waals surface area contributed by atoms with E-state index in [1.807, 2.05) is 18.5 Å². The van der Waals surface area contributed by atoms with Crippen molar-refractivity contribution in [2.24, 2.45) is 0 Å². The summed E-state index contributed by atoms with van der Waals surface area (Å²) < 4.78 is 2.30. The van der Waals surface area contributed by atoms with Gasteiger partial charge in [-0.15, -0.1) is 0 Å². The molecule has 164 valence electrons. The summed E-state index contributed by atoms with van der Waals surface area (Å²) >= 11 is 0. The second kappa shape index (κ2) is 7.96. The molecule has 0 bridgehead atoms. The molecule has 0 amide bonds. The largest absolute Gasteiger partial charge is 0.308 e. The lowest BCUT2D eigenvalue weighted by molar-refractivity contribution is 1.14. The minimum atomic E-state index is 1.08. The van der Waals surface area contributed by atoms with E-state index in [0.717, 1.165) is 5.69 Å². The SMILES string of the molecule is c1cncc(-n2c3ccccc3c3cc(-c4ccc(-c5ccc6ccccc6c5)cc4)ccc32)c1. The molecule has 0 saturated heterocycles. The second-order valence-electron chi connectivity index (χ2n) is 8.93. The van der Waals surface area contributed by atoms with Gasteiger partial charge in [-0.1, -0.05) is 84.9 Å². The molecule has 0 spiro atoms. The quantitative estimate of drug-likeness (QED) is 0.265.